The maximum absolute atomic E-state index is 15.9. The van der Waals surface area contributed by atoms with Crippen LogP contribution >= 0.6 is 0 Å². The molecule has 0 spiro atoms. The molecule has 37 heavy (non-hydrogen) atoms. The van der Waals surface area contributed by atoms with Gasteiger partial charge in [0.1, 0.15) is 5.82 Å². The molecule has 0 aliphatic rings. The van der Waals surface area contributed by atoms with E-state index in [0.717, 1.165) is 39.2 Å². The topological polar surface area (TPSA) is 25.8 Å². The zero-order valence-electron chi connectivity index (χ0n) is 20.9. The van der Waals surface area contributed by atoms with Crippen LogP contribution in [0.5, 0.6) is 0 Å². The monoisotopic (exact) mass is 482 g/mol. The minimum atomic E-state index is -0.254. The Morgan fingerprint density at radius 2 is 1.16 bits per heavy atom. The van der Waals surface area contributed by atoms with E-state index >= 15 is 4.39 Å². The third-order valence-corrected chi connectivity index (χ3v) is 6.24. The van der Waals surface area contributed by atoms with E-state index in [9.17, 15) is 0 Å². The smallest absolute Gasteiger partial charge is 0.160 e. The van der Waals surface area contributed by atoms with E-state index in [1.165, 1.54) is 0 Å². The molecule has 1 heterocycles. The van der Waals surface area contributed by atoms with E-state index in [4.69, 9.17) is 9.97 Å². The minimum absolute atomic E-state index is 0.254. The lowest BCUT2D eigenvalue weighted by Gasteiger charge is -2.14. The van der Waals surface area contributed by atoms with E-state index in [1.54, 1.807) is 0 Å². The van der Waals surface area contributed by atoms with E-state index in [1.807, 2.05) is 141 Å². The first-order valence-corrected chi connectivity index (χ1v) is 12.3. The molecule has 0 bridgehead atoms. The predicted molar refractivity (Wildman–Crippen MR) is 152 cm³/mol. The summed E-state index contributed by atoms with van der Waals surface area (Å²) in [6.45, 7) is 3.87. The minimum Gasteiger partial charge on any atom is -0.228 e. The van der Waals surface area contributed by atoms with Gasteiger partial charge in [0.15, 0.2) is 5.82 Å². The van der Waals surface area contributed by atoms with Crippen molar-refractivity contribution in [1.82, 2.24) is 9.97 Å². The molecule has 2 nitrogen and oxygen atoms in total. The summed E-state index contributed by atoms with van der Waals surface area (Å²) in [5, 5.41) is 0. The molecule has 0 amide bonds. The molecule has 0 N–H and O–H groups in total. The van der Waals surface area contributed by atoms with Crippen molar-refractivity contribution in [2.75, 3.05) is 0 Å². The highest BCUT2D eigenvalue weighted by molar-refractivity contribution is 5.80. The summed E-state index contributed by atoms with van der Waals surface area (Å²) < 4.78 is 15.9. The Hall–Kier alpha value is -4.63. The Labute approximate surface area is 217 Å². The van der Waals surface area contributed by atoms with Gasteiger partial charge < -0.3 is 0 Å². The molecule has 180 valence electrons. The first kappa shape index (κ1) is 24.1. The highest BCUT2D eigenvalue weighted by Gasteiger charge is 2.17. The van der Waals surface area contributed by atoms with Gasteiger partial charge in [-0.15, -0.1) is 0 Å². The maximum Gasteiger partial charge on any atom is 0.160 e. The van der Waals surface area contributed by atoms with Crippen LogP contribution < -0.4 is 0 Å². The normalized spacial score (nSPS) is 11.7. The van der Waals surface area contributed by atoms with Gasteiger partial charge in [0.05, 0.1) is 11.4 Å². The molecule has 0 fully saturated rings. The van der Waals surface area contributed by atoms with Gasteiger partial charge in [-0.2, -0.15) is 0 Å². The van der Waals surface area contributed by atoms with Gasteiger partial charge in [0.25, 0.3) is 0 Å². The van der Waals surface area contributed by atoms with Crippen LogP contribution in [0.3, 0.4) is 0 Å². The fourth-order valence-electron chi connectivity index (χ4n) is 4.29. The number of halogens is 1. The molecule has 0 unspecified atom stereocenters. The molecule has 5 rings (SSSR count). The van der Waals surface area contributed by atoms with Crippen molar-refractivity contribution in [1.29, 1.82) is 0 Å². The Morgan fingerprint density at radius 1 is 0.649 bits per heavy atom. The Morgan fingerprint density at radius 3 is 1.68 bits per heavy atom. The highest BCUT2D eigenvalue weighted by atomic mass is 19.1. The second kappa shape index (κ2) is 11.0. The standard InChI is InChI=1S/C34H27FN2/c1-3-4-14-24(2)29-21-28(22-30(33(29)35)25-15-8-5-9-16-25)34-36-31(26-17-10-6-11-18-26)23-32(37-34)27-19-12-7-13-20-27/h3-23H,1-2H3/b4-3-,24-14+. The summed E-state index contributed by atoms with van der Waals surface area (Å²) in [6.07, 6.45) is 5.78. The largest absolute Gasteiger partial charge is 0.228 e. The van der Waals surface area contributed by atoms with Crippen LogP contribution in [0.25, 0.3) is 50.6 Å². The molecule has 0 aliphatic heterocycles. The van der Waals surface area contributed by atoms with Crippen LogP contribution in [0.4, 0.5) is 4.39 Å². The van der Waals surface area contributed by atoms with E-state index in [0.29, 0.717) is 17.0 Å². The lowest BCUT2D eigenvalue weighted by atomic mass is 9.94. The molecule has 0 atom stereocenters. The molecular weight excluding hydrogens is 455 g/mol. The molecule has 3 heteroatoms. The molecule has 4 aromatic carbocycles. The SMILES string of the molecule is C/C=C\C=C(/C)c1cc(-c2nc(-c3ccccc3)cc(-c3ccccc3)n2)cc(-c2ccccc2)c1F. The summed E-state index contributed by atoms with van der Waals surface area (Å²) >= 11 is 0. The number of hydrogen-bond donors (Lipinski definition) is 0. The first-order chi connectivity index (χ1) is 18.1. The lowest BCUT2D eigenvalue weighted by Crippen LogP contribution is -1.99. The van der Waals surface area contributed by atoms with Crippen LogP contribution in [-0.2, 0) is 0 Å². The number of aromatic nitrogens is 2. The zero-order valence-corrected chi connectivity index (χ0v) is 20.9. The second-order valence-electron chi connectivity index (χ2n) is 8.82. The van der Waals surface area contributed by atoms with Crippen LogP contribution in [0.1, 0.15) is 19.4 Å². The Bertz CT molecular complexity index is 1510. The molecule has 5 aromatic rings. The van der Waals surface area contributed by atoms with Crippen molar-refractivity contribution in [3.8, 4) is 45.0 Å². The van der Waals surface area contributed by atoms with E-state index < -0.39 is 0 Å². The van der Waals surface area contributed by atoms with Crippen LogP contribution in [0.2, 0.25) is 0 Å². The summed E-state index contributed by atoms with van der Waals surface area (Å²) in [5.74, 6) is 0.299. The predicted octanol–water partition coefficient (Wildman–Crippen LogP) is 9.26. The Balaban J connectivity index is 1.77. The fraction of sp³-hybridized carbons (Fsp3) is 0.0588. The van der Waals surface area contributed by atoms with Crippen LogP contribution in [-0.4, -0.2) is 9.97 Å². The number of allylic oxidation sites excluding steroid dienone is 4. The van der Waals surface area contributed by atoms with Crippen molar-refractivity contribution in [3.63, 3.8) is 0 Å². The third-order valence-electron chi connectivity index (χ3n) is 6.24. The van der Waals surface area contributed by atoms with Gasteiger partial charge in [-0.1, -0.05) is 109 Å². The average Bonchev–Trinajstić information content (AvgIpc) is 2.97. The van der Waals surface area contributed by atoms with Gasteiger partial charge in [0, 0.05) is 27.8 Å². The average molecular weight is 483 g/mol. The summed E-state index contributed by atoms with van der Waals surface area (Å²) in [5.41, 5.74) is 7.09. The zero-order chi connectivity index (χ0) is 25.6. The van der Waals surface area contributed by atoms with E-state index in [2.05, 4.69) is 0 Å². The van der Waals surface area contributed by atoms with Crippen molar-refractivity contribution < 1.29 is 4.39 Å². The second-order valence-corrected chi connectivity index (χ2v) is 8.82. The fourth-order valence-corrected chi connectivity index (χ4v) is 4.29. The van der Waals surface area contributed by atoms with Crippen molar-refractivity contribution in [2.45, 2.75) is 13.8 Å². The van der Waals surface area contributed by atoms with Gasteiger partial charge in [-0.05, 0) is 43.2 Å². The number of benzene rings is 4. The molecule has 0 radical (unpaired) electrons. The van der Waals surface area contributed by atoms with Crippen molar-refractivity contribution in [3.05, 3.63) is 139 Å². The van der Waals surface area contributed by atoms with Gasteiger partial charge in [-0.25, -0.2) is 14.4 Å². The van der Waals surface area contributed by atoms with Gasteiger partial charge in [0.2, 0.25) is 0 Å². The van der Waals surface area contributed by atoms with Crippen LogP contribution in [0, 0.1) is 5.82 Å². The van der Waals surface area contributed by atoms with Gasteiger partial charge >= 0.3 is 0 Å². The summed E-state index contributed by atoms with van der Waals surface area (Å²) in [7, 11) is 0. The Kier molecular flexibility index (Phi) is 7.14. The third kappa shape index (κ3) is 5.31. The van der Waals surface area contributed by atoms with Crippen molar-refractivity contribution >= 4 is 5.57 Å². The summed E-state index contributed by atoms with van der Waals surface area (Å²) in [4.78, 5) is 9.92. The molecule has 1 aromatic heterocycles. The first-order valence-electron chi connectivity index (χ1n) is 12.3. The molecule has 0 saturated carbocycles. The molecular formula is C34H27FN2. The number of rotatable bonds is 6. The molecule has 0 aliphatic carbocycles. The lowest BCUT2D eigenvalue weighted by molar-refractivity contribution is 0.627. The quantitative estimate of drug-likeness (QED) is 0.225. The van der Waals surface area contributed by atoms with E-state index in [-0.39, 0.29) is 5.82 Å². The number of hydrogen-bond acceptors (Lipinski definition) is 2. The maximum atomic E-state index is 15.9. The van der Waals surface area contributed by atoms with Crippen LogP contribution in [0.15, 0.2) is 127 Å². The summed E-state index contributed by atoms with van der Waals surface area (Å²) in [6, 6.07) is 35.5. The highest BCUT2D eigenvalue weighted by Crippen LogP contribution is 2.35. The number of nitrogens with zero attached hydrogens (tertiary/aromatic N) is 2. The van der Waals surface area contributed by atoms with Crippen molar-refractivity contribution in [2.24, 2.45) is 0 Å². The molecule has 0 saturated heterocycles. The van der Waals surface area contributed by atoms with Gasteiger partial charge in [-0.3, -0.25) is 0 Å².